The molecule has 22 heavy (non-hydrogen) atoms. The Morgan fingerprint density at radius 1 is 1.45 bits per heavy atom. The fourth-order valence-electron chi connectivity index (χ4n) is 2.67. The van der Waals surface area contributed by atoms with E-state index in [1.54, 1.807) is 4.90 Å². The topological polar surface area (TPSA) is 107 Å². The van der Waals surface area contributed by atoms with Crippen molar-refractivity contribution in [3.63, 3.8) is 0 Å². The Labute approximate surface area is 132 Å². The number of likely N-dealkylation sites (tertiary alicyclic amines) is 1. The van der Waals surface area contributed by atoms with E-state index in [-0.39, 0.29) is 34.9 Å². The van der Waals surface area contributed by atoms with Crippen molar-refractivity contribution in [2.45, 2.75) is 19.3 Å². The molecule has 0 aliphatic carbocycles. The average Bonchev–Trinajstić information content (AvgIpc) is 2.45. The van der Waals surface area contributed by atoms with Gasteiger partial charge in [-0.25, -0.2) is 0 Å². The highest BCUT2D eigenvalue weighted by Gasteiger charge is 2.26. The molecule has 1 saturated heterocycles. The molecule has 1 aromatic carbocycles. The fourth-order valence-corrected chi connectivity index (χ4v) is 2.92. The minimum atomic E-state index is -0.597. The maximum atomic E-state index is 12.4. The predicted molar refractivity (Wildman–Crippen MR) is 80.5 cm³/mol. The molecule has 0 spiro atoms. The van der Waals surface area contributed by atoms with Crippen LogP contribution < -0.4 is 5.73 Å². The zero-order valence-electron chi connectivity index (χ0n) is 11.8. The molecule has 1 aliphatic heterocycles. The van der Waals surface area contributed by atoms with Gasteiger partial charge in [-0.1, -0.05) is 11.6 Å². The summed E-state index contributed by atoms with van der Waals surface area (Å²) in [4.78, 5) is 35.2. The van der Waals surface area contributed by atoms with Gasteiger partial charge in [0.15, 0.2) is 0 Å². The number of halogens is 1. The second-order valence-electron chi connectivity index (χ2n) is 5.35. The van der Waals surface area contributed by atoms with Crippen LogP contribution in [0, 0.1) is 16.0 Å². The van der Waals surface area contributed by atoms with Crippen LogP contribution in [-0.4, -0.2) is 34.7 Å². The number of carbonyl (C=O) groups is 2. The number of rotatable bonds is 4. The highest BCUT2D eigenvalue weighted by molar-refractivity contribution is 6.33. The van der Waals surface area contributed by atoms with E-state index in [1.165, 1.54) is 18.2 Å². The zero-order chi connectivity index (χ0) is 16.3. The van der Waals surface area contributed by atoms with Crippen LogP contribution in [0.2, 0.25) is 5.02 Å². The van der Waals surface area contributed by atoms with Gasteiger partial charge in [0, 0.05) is 31.1 Å². The standard InChI is InChI=1S/C14H16ClN3O4/c15-11-7-10(3-4-12(11)18(21)22)14(20)17-5-1-2-9(8-17)6-13(16)19/h3-4,7,9H,1-2,5-6,8H2,(H2,16,19). The minimum absolute atomic E-state index is 0.0590. The number of primary amides is 1. The van der Waals surface area contributed by atoms with Gasteiger partial charge in [-0.05, 0) is 30.9 Å². The minimum Gasteiger partial charge on any atom is -0.370 e. The lowest BCUT2D eigenvalue weighted by Crippen LogP contribution is -2.41. The number of nitrogens with zero attached hydrogens (tertiary/aromatic N) is 2. The van der Waals surface area contributed by atoms with E-state index >= 15 is 0 Å². The van der Waals surface area contributed by atoms with Gasteiger partial charge in [0.25, 0.3) is 11.6 Å². The normalized spacial score (nSPS) is 18.0. The monoisotopic (exact) mass is 325 g/mol. The van der Waals surface area contributed by atoms with Crippen molar-refractivity contribution in [3.05, 3.63) is 38.9 Å². The van der Waals surface area contributed by atoms with Gasteiger partial charge in [-0.2, -0.15) is 0 Å². The van der Waals surface area contributed by atoms with Gasteiger partial charge in [0.1, 0.15) is 5.02 Å². The molecule has 2 amide bonds. The van der Waals surface area contributed by atoms with Crippen molar-refractivity contribution in [2.75, 3.05) is 13.1 Å². The van der Waals surface area contributed by atoms with E-state index < -0.39 is 4.92 Å². The van der Waals surface area contributed by atoms with Crippen molar-refractivity contribution in [1.29, 1.82) is 0 Å². The third-order valence-corrected chi connectivity index (χ3v) is 3.99. The Kier molecular flexibility index (Phi) is 4.97. The number of nitrogens with two attached hydrogens (primary N) is 1. The Hall–Kier alpha value is -2.15. The number of hydrogen-bond acceptors (Lipinski definition) is 4. The smallest absolute Gasteiger partial charge is 0.287 e. The number of nitro groups is 1. The maximum absolute atomic E-state index is 12.4. The van der Waals surface area contributed by atoms with Crippen molar-refractivity contribution >= 4 is 29.1 Å². The number of amides is 2. The van der Waals surface area contributed by atoms with Gasteiger partial charge in [0.05, 0.1) is 4.92 Å². The van der Waals surface area contributed by atoms with Crippen LogP contribution >= 0.6 is 11.6 Å². The van der Waals surface area contributed by atoms with Crippen molar-refractivity contribution in [2.24, 2.45) is 11.7 Å². The highest BCUT2D eigenvalue weighted by Crippen LogP contribution is 2.27. The first-order chi connectivity index (χ1) is 10.4. The summed E-state index contributed by atoms with van der Waals surface area (Å²) in [6.45, 7) is 1.04. The first-order valence-corrected chi connectivity index (χ1v) is 7.28. The first kappa shape index (κ1) is 16.2. The Morgan fingerprint density at radius 2 is 2.18 bits per heavy atom. The average molecular weight is 326 g/mol. The molecule has 0 aromatic heterocycles. The van der Waals surface area contributed by atoms with Crippen molar-refractivity contribution in [1.82, 2.24) is 4.90 Å². The van der Waals surface area contributed by atoms with E-state index in [2.05, 4.69) is 0 Å². The maximum Gasteiger partial charge on any atom is 0.287 e. The van der Waals surface area contributed by atoms with Gasteiger partial charge >= 0.3 is 0 Å². The lowest BCUT2D eigenvalue weighted by Gasteiger charge is -2.32. The van der Waals surface area contributed by atoms with E-state index in [0.29, 0.717) is 18.7 Å². The van der Waals surface area contributed by atoms with E-state index in [1.807, 2.05) is 0 Å². The predicted octanol–water partition coefficient (Wildman–Crippen LogP) is 1.98. The number of piperidine rings is 1. The number of nitro benzene ring substituents is 1. The van der Waals surface area contributed by atoms with Gasteiger partial charge in [0.2, 0.25) is 5.91 Å². The summed E-state index contributed by atoms with van der Waals surface area (Å²) in [5, 5.41) is 10.7. The molecule has 8 heteroatoms. The Balaban J connectivity index is 2.12. The molecule has 2 rings (SSSR count). The van der Waals surface area contributed by atoms with E-state index in [4.69, 9.17) is 17.3 Å². The number of carbonyl (C=O) groups excluding carboxylic acids is 2. The molecule has 1 unspecified atom stereocenters. The number of hydrogen-bond donors (Lipinski definition) is 1. The second kappa shape index (κ2) is 6.74. The van der Waals surface area contributed by atoms with Crippen LogP contribution in [0.4, 0.5) is 5.69 Å². The molecule has 118 valence electrons. The molecule has 1 aliphatic rings. The lowest BCUT2D eigenvalue weighted by atomic mass is 9.94. The van der Waals surface area contributed by atoms with Crippen molar-refractivity contribution < 1.29 is 14.5 Å². The highest BCUT2D eigenvalue weighted by atomic mass is 35.5. The molecule has 1 atom stereocenters. The molecule has 0 radical (unpaired) electrons. The summed E-state index contributed by atoms with van der Waals surface area (Å²) >= 11 is 5.83. The summed E-state index contributed by atoms with van der Waals surface area (Å²) in [6, 6.07) is 3.92. The molecular weight excluding hydrogens is 310 g/mol. The van der Waals surface area contributed by atoms with Crippen LogP contribution in [0.1, 0.15) is 29.6 Å². The van der Waals surface area contributed by atoms with Gasteiger partial charge in [-0.15, -0.1) is 0 Å². The van der Waals surface area contributed by atoms with Crippen molar-refractivity contribution in [3.8, 4) is 0 Å². The molecule has 1 aromatic rings. The number of benzene rings is 1. The Morgan fingerprint density at radius 3 is 2.77 bits per heavy atom. The second-order valence-corrected chi connectivity index (χ2v) is 5.76. The molecule has 1 heterocycles. The van der Waals surface area contributed by atoms with Gasteiger partial charge < -0.3 is 10.6 Å². The summed E-state index contributed by atoms with van der Waals surface area (Å²) in [6.07, 6.45) is 1.91. The SMILES string of the molecule is NC(=O)CC1CCCN(C(=O)c2ccc([N+](=O)[O-])c(Cl)c2)C1. The molecule has 0 saturated carbocycles. The van der Waals surface area contributed by atoms with Crippen LogP contribution in [0.3, 0.4) is 0 Å². The third kappa shape index (κ3) is 3.73. The first-order valence-electron chi connectivity index (χ1n) is 6.90. The van der Waals surface area contributed by atoms with Crippen LogP contribution in [0.25, 0.3) is 0 Å². The summed E-state index contributed by atoms with van der Waals surface area (Å²) < 4.78 is 0. The van der Waals surface area contributed by atoms with E-state index in [9.17, 15) is 19.7 Å². The molecule has 1 fully saturated rings. The molecule has 0 bridgehead atoms. The summed E-state index contributed by atoms with van der Waals surface area (Å²) in [5.41, 5.74) is 5.27. The fraction of sp³-hybridized carbons (Fsp3) is 0.429. The van der Waals surface area contributed by atoms with Crippen LogP contribution in [0.5, 0.6) is 0 Å². The summed E-state index contributed by atoms with van der Waals surface area (Å²) in [7, 11) is 0. The van der Waals surface area contributed by atoms with Gasteiger partial charge in [-0.3, -0.25) is 19.7 Å². The third-order valence-electron chi connectivity index (χ3n) is 3.69. The van der Waals surface area contributed by atoms with Crippen LogP contribution in [-0.2, 0) is 4.79 Å². The zero-order valence-corrected chi connectivity index (χ0v) is 12.6. The molecule has 7 nitrogen and oxygen atoms in total. The summed E-state index contributed by atoms with van der Waals surface area (Å²) in [5.74, 6) is -0.563. The van der Waals surface area contributed by atoms with E-state index in [0.717, 1.165) is 12.8 Å². The molecule has 2 N–H and O–H groups in total. The Bertz CT molecular complexity index is 620. The largest absolute Gasteiger partial charge is 0.370 e. The lowest BCUT2D eigenvalue weighted by molar-refractivity contribution is -0.384. The molecular formula is C14H16ClN3O4. The quantitative estimate of drug-likeness (QED) is 0.674. The van der Waals surface area contributed by atoms with Crippen LogP contribution in [0.15, 0.2) is 18.2 Å².